The Balaban J connectivity index is 4.24. The average molecular weight is 193 g/mol. The molecule has 0 radical (unpaired) electrons. The van der Waals surface area contributed by atoms with Crippen LogP contribution < -0.4 is 5.73 Å². The van der Waals surface area contributed by atoms with Crippen molar-refractivity contribution in [1.29, 1.82) is 0 Å². The number of hydrogen-bond donors (Lipinski definition) is 5. The zero-order valence-corrected chi connectivity index (χ0v) is 7.29. The summed E-state index contributed by atoms with van der Waals surface area (Å²) in [7, 11) is 0. The molecule has 0 aromatic heterocycles. The van der Waals surface area contributed by atoms with E-state index in [0.29, 0.717) is 0 Å². The fourth-order valence-electron chi connectivity index (χ4n) is 0.789. The Morgan fingerprint density at radius 1 is 1.31 bits per heavy atom. The summed E-state index contributed by atoms with van der Waals surface area (Å²) < 4.78 is 0. The summed E-state index contributed by atoms with van der Waals surface area (Å²) in [6.07, 6.45) is -4.69. The van der Waals surface area contributed by atoms with Gasteiger partial charge in [-0.05, 0) is 6.92 Å². The second-order valence-corrected chi connectivity index (χ2v) is 2.87. The van der Waals surface area contributed by atoms with Crippen LogP contribution in [0.2, 0.25) is 0 Å². The van der Waals surface area contributed by atoms with Gasteiger partial charge < -0.3 is 26.2 Å². The molecule has 0 saturated carbocycles. The van der Waals surface area contributed by atoms with Crippen molar-refractivity contribution in [3.05, 3.63) is 0 Å². The minimum Gasteiger partial charge on any atom is -0.394 e. The Hall–Kier alpha value is -0.530. The predicted octanol–water partition coefficient (Wildman–Crippen LogP) is -3.02. The summed E-state index contributed by atoms with van der Waals surface area (Å²) in [6.45, 7) is 0.453. The van der Waals surface area contributed by atoms with Gasteiger partial charge in [0.2, 0.25) is 0 Å². The van der Waals surface area contributed by atoms with Crippen LogP contribution in [0, 0.1) is 0 Å². The van der Waals surface area contributed by atoms with Gasteiger partial charge in [0.1, 0.15) is 24.1 Å². The second-order valence-electron chi connectivity index (χ2n) is 2.87. The van der Waals surface area contributed by atoms with Crippen LogP contribution in [0.3, 0.4) is 0 Å². The Morgan fingerprint density at radius 3 is 2.08 bits per heavy atom. The molecule has 4 atom stereocenters. The lowest BCUT2D eigenvalue weighted by molar-refractivity contribution is -0.127. The third-order valence-corrected chi connectivity index (χ3v) is 1.77. The highest BCUT2D eigenvalue weighted by molar-refractivity contribution is 5.81. The molecule has 0 aromatic rings. The van der Waals surface area contributed by atoms with Gasteiger partial charge in [-0.15, -0.1) is 0 Å². The van der Waals surface area contributed by atoms with Crippen LogP contribution in [0.1, 0.15) is 6.92 Å². The van der Waals surface area contributed by atoms with E-state index in [0.717, 1.165) is 6.92 Å². The number of nitrogens with two attached hydrogens (primary N) is 1. The lowest BCUT2D eigenvalue weighted by atomic mass is 9.99. The van der Waals surface area contributed by atoms with Crippen LogP contribution in [0.4, 0.5) is 0 Å². The third kappa shape index (κ3) is 3.37. The zero-order valence-electron chi connectivity index (χ0n) is 7.29. The molecule has 0 aliphatic heterocycles. The van der Waals surface area contributed by atoms with Gasteiger partial charge in [-0.25, -0.2) is 0 Å². The van der Waals surface area contributed by atoms with Crippen molar-refractivity contribution >= 4 is 5.78 Å². The maximum absolute atomic E-state index is 10.7. The monoisotopic (exact) mass is 193 g/mol. The van der Waals surface area contributed by atoms with E-state index < -0.39 is 36.7 Å². The summed E-state index contributed by atoms with van der Waals surface area (Å²) in [5.41, 5.74) is 5.20. The normalized spacial score (nSPS) is 20.5. The van der Waals surface area contributed by atoms with E-state index in [4.69, 9.17) is 21.1 Å². The van der Waals surface area contributed by atoms with Crippen LogP contribution in [-0.4, -0.2) is 57.2 Å². The number of rotatable bonds is 5. The second kappa shape index (κ2) is 5.25. The lowest BCUT2D eigenvalue weighted by Gasteiger charge is -2.24. The summed E-state index contributed by atoms with van der Waals surface area (Å²) >= 11 is 0. The fraction of sp³-hybridized carbons (Fsp3) is 0.857. The Labute approximate surface area is 75.6 Å². The molecule has 6 heteroatoms. The maximum Gasteiger partial charge on any atom is 0.149 e. The van der Waals surface area contributed by atoms with Crippen molar-refractivity contribution in [3.63, 3.8) is 0 Å². The zero-order chi connectivity index (χ0) is 10.6. The molecule has 6 nitrogen and oxygen atoms in total. The highest BCUT2D eigenvalue weighted by atomic mass is 16.4. The van der Waals surface area contributed by atoms with E-state index >= 15 is 0 Å². The van der Waals surface area contributed by atoms with Crippen LogP contribution in [-0.2, 0) is 4.79 Å². The minimum atomic E-state index is -1.62. The number of ketones is 1. The van der Waals surface area contributed by atoms with Gasteiger partial charge in [0.15, 0.2) is 0 Å². The van der Waals surface area contributed by atoms with Crippen molar-refractivity contribution in [3.8, 4) is 0 Å². The standard InChI is InChI=1S/C7H15NO5/c1-3(10)5(8)7(13)6(12)4(11)2-9/h4-7,9,11-13H,2,8H2,1H3/t4-,5+,6-,7-/m1/s1. The van der Waals surface area contributed by atoms with Crippen LogP contribution in [0.25, 0.3) is 0 Å². The molecule has 0 spiro atoms. The van der Waals surface area contributed by atoms with E-state index in [1.807, 2.05) is 0 Å². The van der Waals surface area contributed by atoms with Crippen molar-refractivity contribution in [2.24, 2.45) is 5.73 Å². The molecule has 13 heavy (non-hydrogen) atoms. The molecule has 0 amide bonds. The van der Waals surface area contributed by atoms with Gasteiger partial charge >= 0.3 is 0 Å². The molecular formula is C7H15NO5. The van der Waals surface area contributed by atoms with Gasteiger partial charge in [0.25, 0.3) is 0 Å². The highest BCUT2D eigenvalue weighted by Crippen LogP contribution is 2.03. The summed E-state index contributed by atoms with van der Waals surface area (Å²) in [6, 6.07) is -1.25. The summed E-state index contributed by atoms with van der Waals surface area (Å²) in [5.74, 6) is -0.503. The predicted molar refractivity (Wildman–Crippen MR) is 43.8 cm³/mol. The molecule has 0 aliphatic rings. The first-order chi connectivity index (χ1) is 5.91. The van der Waals surface area contributed by atoms with Crippen molar-refractivity contribution in [1.82, 2.24) is 0 Å². The van der Waals surface area contributed by atoms with Crippen molar-refractivity contribution < 1.29 is 25.2 Å². The quantitative estimate of drug-likeness (QED) is 0.316. The van der Waals surface area contributed by atoms with Gasteiger partial charge in [-0.3, -0.25) is 4.79 Å². The first-order valence-corrected chi connectivity index (χ1v) is 3.83. The number of carbonyl (C=O) groups is 1. The molecule has 0 unspecified atom stereocenters. The Morgan fingerprint density at radius 2 is 1.77 bits per heavy atom. The Kier molecular flexibility index (Phi) is 5.04. The van der Waals surface area contributed by atoms with E-state index in [-0.39, 0.29) is 0 Å². The molecule has 6 N–H and O–H groups in total. The largest absolute Gasteiger partial charge is 0.394 e. The van der Waals surface area contributed by atoms with Crippen LogP contribution in [0.15, 0.2) is 0 Å². The third-order valence-electron chi connectivity index (χ3n) is 1.77. The number of Topliss-reactive ketones (excluding diaryl/α,β-unsaturated/α-hetero) is 1. The van der Waals surface area contributed by atoms with E-state index in [1.165, 1.54) is 0 Å². The first-order valence-electron chi connectivity index (χ1n) is 3.83. The van der Waals surface area contributed by atoms with E-state index in [9.17, 15) is 9.90 Å². The SMILES string of the molecule is CC(=O)[C@H](N)[C@@H](O)[C@H](O)[C@H](O)CO. The molecule has 0 aromatic carbocycles. The van der Waals surface area contributed by atoms with Gasteiger partial charge in [0.05, 0.1) is 12.6 Å². The molecule has 0 heterocycles. The molecule has 78 valence electrons. The van der Waals surface area contributed by atoms with Crippen molar-refractivity contribution in [2.45, 2.75) is 31.3 Å². The van der Waals surface area contributed by atoms with E-state index in [2.05, 4.69) is 0 Å². The fourth-order valence-corrected chi connectivity index (χ4v) is 0.789. The average Bonchev–Trinajstić information content (AvgIpc) is 2.12. The first kappa shape index (κ1) is 12.5. The summed E-state index contributed by atoms with van der Waals surface area (Å²) in [4.78, 5) is 10.7. The van der Waals surface area contributed by atoms with E-state index in [1.54, 1.807) is 0 Å². The summed E-state index contributed by atoms with van der Waals surface area (Å²) in [5, 5.41) is 35.6. The highest BCUT2D eigenvalue weighted by Gasteiger charge is 2.30. The number of aliphatic hydroxyl groups is 4. The number of aliphatic hydroxyl groups excluding tert-OH is 4. The Bertz CT molecular complexity index is 174. The van der Waals surface area contributed by atoms with Gasteiger partial charge in [-0.2, -0.15) is 0 Å². The maximum atomic E-state index is 10.7. The minimum absolute atomic E-state index is 0.503. The topological polar surface area (TPSA) is 124 Å². The van der Waals surface area contributed by atoms with Gasteiger partial charge in [-0.1, -0.05) is 0 Å². The number of carbonyl (C=O) groups excluding carboxylic acids is 1. The molecular weight excluding hydrogens is 178 g/mol. The lowest BCUT2D eigenvalue weighted by Crippen LogP contribution is -2.52. The van der Waals surface area contributed by atoms with Gasteiger partial charge in [0, 0.05) is 0 Å². The van der Waals surface area contributed by atoms with Crippen molar-refractivity contribution in [2.75, 3.05) is 6.61 Å². The van der Waals surface area contributed by atoms with Crippen LogP contribution >= 0.6 is 0 Å². The molecule has 0 rings (SSSR count). The number of hydrogen-bond acceptors (Lipinski definition) is 6. The molecule has 0 bridgehead atoms. The molecule has 0 aliphatic carbocycles. The molecule has 0 fully saturated rings. The van der Waals surface area contributed by atoms with Crippen LogP contribution in [0.5, 0.6) is 0 Å². The molecule has 0 saturated heterocycles. The smallest absolute Gasteiger partial charge is 0.149 e.